The van der Waals surface area contributed by atoms with Crippen molar-refractivity contribution < 1.29 is 9.53 Å². The van der Waals surface area contributed by atoms with Crippen LogP contribution in [-0.2, 0) is 16.1 Å². The number of benzene rings is 2. The maximum Gasteiger partial charge on any atom is 0.227 e. The summed E-state index contributed by atoms with van der Waals surface area (Å²) in [6.45, 7) is 8.90. The van der Waals surface area contributed by atoms with Gasteiger partial charge in [0.05, 0.1) is 17.6 Å². The number of nitrogens with zero attached hydrogens (tertiary/aromatic N) is 3. The van der Waals surface area contributed by atoms with E-state index in [2.05, 4.69) is 36.6 Å². The van der Waals surface area contributed by atoms with Gasteiger partial charge in [-0.25, -0.2) is 4.98 Å². The second-order valence-corrected chi connectivity index (χ2v) is 7.45. The highest BCUT2D eigenvalue weighted by Gasteiger charge is 2.35. The molecule has 3 aromatic rings. The van der Waals surface area contributed by atoms with Gasteiger partial charge in [0, 0.05) is 37.7 Å². The average molecular weight is 377 g/mol. The van der Waals surface area contributed by atoms with E-state index in [1.165, 1.54) is 0 Å². The molecule has 146 valence electrons. The number of anilines is 1. The van der Waals surface area contributed by atoms with Gasteiger partial charge in [0.2, 0.25) is 5.91 Å². The smallest absolute Gasteiger partial charge is 0.227 e. The molecule has 1 fully saturated rings. The molecule has 0 saturated carbocycles. The molecule has 2 aromatic carbocycles. The molecule has 0 spiro atoms. The lowest BCUT2D eigenvalue weighted by Gasteiger charge is -2.21. The summed E-state index contributed by atoms with van der Waals surface area (Å²) in [4.78, 5) is 19.8. The fourth-order valence-corrected chi connectivity index (χ4v) is 4.27. The quantitative estimate of drug-likeness (QED) is 0.605. The molecule has 1 saturated heterocycles. The molecule has 1 aliphatic heterocycles. The molecular weight excluding hydrogens is 350 g/mol. The minimum Gasteiger partial charge on any atom is -0.380 e. The van der Waals surface area contributed by atoms with Crippen LogP contribution in [0.5, 0.6) is 0 Å². The van der Waals surface area contributed by atoms with Gasteiger partial charge in [0.1, 0.15) is 5.82 Å². The fraction of sp³-hybridized carbons (Fsp3) is 0.391. The summed E-state index contributed by atoms with van der Waals surface area (Å²) < 4.78 is 7.82. The topological polar surface area (TPSA) is 47.4 Å². The maximum absolute atomic E-state index is 12.9. The normalized spacial score (nSPS) is 17.0. The minimum atomic E-state index is 0.0838. The van der Waals surface area contributed by atoms with Gasteiger partial charge in [-0.3, -0.25) is 4.79 Å². The Balaban J connectivity index is 1.69. The van der Waals surface area contributed by atoms with Crippen molar-refractivity contribution >= 4 is 22.6 Å². The molecule has 5 heteroatoms. The third-order valence-electron chi connectivity index (χ3n) is 5.55. The molecule has 0 N–H and O–H groups in total. The van der Waals surface area contributed by atoms with Gasteiger partial charge in [-0.05, 0) is 44.0 Å². The number of para-hydroxylation sites is 3. The maximum atomic E-state index is 12.9. The Morgan fingerprint density at radius 3 is 2.61 bits per heavy atom. The highest BCUT2D eigenvalue weighted by molar-refractivity contribution is 5.98. The summed E-state index contributed by atoms with van der Waals surface area (Å²) in [6.07, 6.45) is 0.492. The van der Waals surface area contributed by atoms with Crippen LogP contribution in [0.15, 0.2) is 42.5 Å². The van der Waals surface area contributed by atoms with E-state index in [-0.39, 0.29) is 11.8 Å². The fourth-order valence-electron chi connectivity index (χ4n) is 4.27. The Kier molecular flexibility index (Phi) is 5.18. The number of aryl methyl sites for hydroxylation is 2. The summed E-state index contributed by atoms with van der Waals surface area (Å²) in [7, 11) is 0. The Morgan fingerprint density at radius 2 is 1.86 bits per heavy atom. The van der Waals surface area contributed by atoms with Crippen molar-refractivity contribution in [2.45, 2.75) is 39.7 Å². The van der Waals surface area contributed by atoms with Gasteiger partial charge >= 0.3 is 0 Å². The number of ether oxygens (including phenoxy) is 1. The number of hydrogen-bond donors (Lipinski definition) is 0. The van der Waals surface area contributed by atoms with Crippen molar-refractivity contribution in [3.05, 3.63) is 59.4 Å². The molecule has 1 aromatic heterocycles. The van der Waals surface area contributed by atoms with E-state index < -0.39 is 0 Å². The van der Waals surface area contributed by atoms with Crippen LogP contribution in [0.4, 0.5) is 5.69 Å². The standard InChI is InChI=1S/C23H27N3O2/c1-4-28-13-12-25-20-11-6-5-10-19(20)24-23(25)18-14-21(27)26(15-18)22-16(2)8-7-9-17(22)3/h5-11,18H,4,12-15H2,1-3H3/t18-/m0/s1. The van der Waals surface area contributed by atoms with Gasteiger partial charge < -0.3 is 14.2 Å². The Hall–Kier alpha value is -2.66. The molecule has 1 amide bonds. The van der Waals surface area contributed by atoms with Crippen molar-refractivity contribution in [1.29, 1.82) is 0 Å². The van der Waals surface area contributed by atoms with Crippen LogP contribution in [0.2, 0.25) is 0 Å². The largest absolute Gasteiger partial charge is 0.380 e. The first-order valence-electron chi connectivity index (χ1n) is 9.99. The molecule has 0 radical (unpaired) electrons. The van der Waals surface area contributed by atoms with Crippen LogP contribution in [0.25, 0.3) is 11.0 Å². The van der Waals surface area contributed by atoms with Crippen molar-refractivity contribution in [2.75, 3.05) is 24.7 Å². The molecule has 5 nitrogen and oxygen atoms in total. The van der Waals surface area contributed by atoms with E-state index in [0.29, 0.717) is 26.2 Å². The van der Waals surface area contributed by atoms with Gasteiger partial charge in [-0.2, -0.15) is 0 Å². The number of imidazole rings is 1. The van der Waals surface area contributed by atoms with Crippen molar-refractivity contribution in [3.8, 4) is 0 Å². The first-order valence-corrected chi connectivity index (χ1v) is 9.99. The second-order valence-electron chi connectivity index (χ2n) is 7.45. The number of hydrogen-bond acceptors (Lipinski definition) is 3. The number of aromatic nitrogens is 2. The molecule has 0 unspecified atom stereocenters. The minimum absolute atomic E-state index is 0.0838. The van der Waals surface area contributed by atoms with E-state index in [9.17, 15) is 4.79 Å². The van der Waals surface area contributed by atoms with Crippen molar-refractivity contribution in [1.82, 2.24) is 9.55 Å². The Bertz CT molecular complexity index is 988. The van der Waals surface area contributed by atoms with Crippen LogP contribution in [0.3, 0.4) is 0 Å². The molecule has 0 aliphatic carbocycles. The zero-order valence-corrected chi connectivity index (χ0v) is 16.8. The van der Waals surface area contributed by atoms with E-state index in [1.54, 1.807) is 0 Å². The third-order valence-corrected chi connectivity index (χ3v) is 5.55. The lowest BCUT2D eigenvalue weighted by atomic mass is 10.1. The SMILES string of the molecule is CCOCCn1c([C@H]2CC(=O)N(c3c(C)cccc3C)C2)nc2ccccc21. The monoisotopic (exact) mass is 377 g/mol. The lowest BCUT2D eigenvalue weighted by molar-refractivity contribution is -0.117. The van der Waals surface area contributed by atoms with Crippen molar-refractivity contribution in [2.24, 2.45) is 0 Å². The summed E-state index contributed by atoms with van der Waals surface area (Å²) >= 11 is 0. The zero-order valence-electron chi connectivity index (χ0n) is 16.8. The Morgan fingerprint density at radius 1 is 1.11 bits per heavy atom. The van der Waals surface area contributed by atoms with Gasteiger partial charge in [0.25, 0.3) is 0 Å². The van der Waals surface area contributed by atoms with Crippen LogP contribution in [0.1, 0.15) is 36.2 Å². The number of fused-ring (bicyclic) bond motifs is 1. The van der Waals surface area contributed by atoms with Gasteiger partial charge in [-0.1, -0.05) is 30.3 Å². The number of amides is 1. The number of carbonyl (C=O) groups is 1. The van der Waals surface area contributed by atoms with E-state index in [1.807, 2.05) is 36.1 Å². The van der Waals surface area contributed by atoms with Crippen molar-refractivity contribution in [3.63, 3.8) is 0 Å². The van der Waals surface area contributed by atoms with Gasteiger partial charge in [-0.15, -0.1) is 0 Å². The van der Waals surface area contributed by atoms with Gasteiger partial charge in [0.15, 0.2) is 0 Å². The predicted octanol–water partition coefficient (Wildman–Crippen LogP) is 4.21. The second kappa shape index (κ2) is 7.76. The summed E-state index contributed by atoms with van der Waals surface area (Å²) in [5, 5.41) is 0. The number of carbonyl (C=O) groups excluding carboxylic acids is 1. The summed E-state index contributed by atoms with van der Waals surface area (Å²) in [5.74, 6) is 1.24. The Labute approximate surface area is 165 Å². The highest BCUT2D eigenvalue weighted by atomic mass is 16.5. The summed E-state index contributed by atoms with van der Waals surface area (Å²) in [5.41, 5.74) is 5.41. The first kappa shape index (κ1) is 18.7. The predicted molar refractivity (Wildman–Crippen MR) is 112 cm³/mol. The van der Waals surface area contributed by atoms with E-state index in [4.69, 9.17) is 9.72 Å². The summed E-state index contributed by atoms with van der Waals surface area (Å²) in [6, 6.07) is 14.4. The molecule has 0 bridgehead atoms. The van der Waals surface area contributed by atoms with Crippen LogP contribution in [0, 0.1) is 13.8 Å². The molecular formula is C23H27N3O2. The lowest BCUT2D eigenvalue weighted by Crippen LogP contribution is -2.26. The molecule has 28 heavy (non-hydrogen) atoms. The highest BCUT2D eigenvalue weighted by Crippen LogP contribution is 2.35. The molecule has 1 aliphatic rings. The van der Waals surface area contributed by atoms with Crippen LogP contribution < -0.4 is 4.90 Å². The van der Waals surface area contributed by atoms with E-state index in [0.717, 1.165) is 40.2 Å². The molecule has 1 atom stereocenters. The molecule has 2 heterocycles. The molecule has 4 rings (SSSR count). The average Bonchev–Trinajstić information content (AvgIpc) is 3.23. The van der Waals surface area contributed by atoms with E-state index >= 15 is 0 Å². The van der Waals surface area contributed by atoms with Crippen LogP contribution in [-0.4, -0.2) is 35.2 Å². The first-order chi connectivity index (χ1) is 13.6. The zero-order chi connectivity index (χ0) is 19.7. The van der Waals surface area contributed by atoms with Crippen LogP contribution >= 0.6 is 0 Å². The number of rotatable bonds is 6. The third kappa shape index (κ3) is 3.31.